The Labute approximate surface area is 205 Å². The summed E-state index contributed by atoms with van der Waals surface area (Å²) in [6, 6.07) is 9.44. The van der Waals surface area contributed by atoms with E-state index < -0.39 is 9.84 Å². The highest BCUT2D eigenvalue weighted by Gasteiger charge is 2.46. The number of fused-ring (bicyclic) bond motifs is 4. The minimum Gasteiger partial charge on any atom is -0.372 e. The van der Waals surface area contributed by atoms with Gasteiger partial charge in [-0.15, -0.1) is 0 Å². The Kier molecular flexibility index (Phi) is 6.60. The van der Waals surface area contributed by atoms with Crippen molar-refractivity contribution in [1.82, 2.24) is 4.90 Å². The van der Waals surface area contributed by atoms with Crippen molar-refractivity contribution in [2.45, 2.75) is 64.8 Å². The van der Waals surface area contributed by atoms with Crippen LogP contribution in [0, 0.1) is 17.3 Å². The summed E-state index contributed by atoms with van der Waals surface area (Å²) in [7, 11) is -2.89. The van der Waals surface area contributed by atoms with Gasteiger partial charge in [0.2, 0.25) is 5.91 Å². The van der Waals surface area contributed by atoms with Gasteiger partial charge in [0.1, 0.15) is 9.84 Å². The lowest BCUT2D eigenvalue weighted by Crippen LogP contribution is -2.54. The second-order valence-electron chi connectivity index (χ2n) is 11.9. The molecule has 34 heavy (non-hydrogen) atoms. The van der Waals surface area contributed by atoms with Crippen molar-refractivity contribution in [3.05, 3.63) is 24.3 Å². The molecule has 188 valence electrons. The lowest BCUT2D eigenvalue weighted by atomic mass is 9.73. The summed E-state index contributed by atoms with van der Waals surface area (Å²) in [6.45, 7) is 9.63. The zero-order valence-electron chi connectivity index (χ0n) is 20.9. The molecule has 6 rings (SSSR count). The second kappa shape index (κ2) is 9.36. The van der Waals surface area contributed by atoms with Crippen LogP contribution in [0.5, 0.6) is 0 Å². The molecule has 0 aliphatic carbocycles. The predicted molar refractivity (Wildman–Crippen MR) is 138 cm³/mol. The van der Waals surface area contributed by atoms with Crippen LogP contribution in [0.15, 0.2) is 24.3 Å². The number of sulfone groups is 1. The van der Waals surface area contributed by atoms with E-state index in [0.29, 0.717) is 31.2 Å². The van der Waals surface area contributed by atoms with Crippen LogP contribution in [0.4, 0.5) is 11.4 Å². The molecule has 5 aliphatic heterocycles. The summed E-state index contributed by atoms with van der Waals surface area (Å²) in [4.78, 5) is 20.5. The van der Waals surface area contributed by atoms with Crippen LogP contribution in [0.3, 0.4) is 0 Å². The van der Waals surface area contributed by atoms with Gasteiger partial charge in [-0.25, -0.2) is 8.42 Å². The highest BCUT2D eigenvalue weighted by molar-refractivity contribution is 7.91. The number of anilines is 2. The minimum atomic E-state index is -2.89. The average Bonchev–Trinajstić information content (AvgIpc) is 3.08. The normalized spacial score (nSPS) is 29.2. The third kappa shape index (κ3) is 5.09. The highest BCUT2D eigenvalue weighted by atomic mass is 32.2. The summed E-state index contributed by atoms with van der Waals surface area (Å²) in [5.41, 5.74) is 2.74. The topological polar surface area (TPSA) is 60.9 Å². The molecule has 0 radical (unpaired) electrons. The van der Waals surface area contributed by atoms with Gasteiger partial charge >= 0.3 is 0 Å². The van der Waals surface area contributed by atoms with Crippen LogP contribution < -0.4 is 9.80 Å². The molecule has 0 unspecified atom stereocenters. The Morgan fingerprint density at radius 3 is 2.26 bits per heavy atom. The minimum absolute atomic E-state index is 0.141. The summed E-state index contributed by atoms with van der Waals surface area (Å²) >= 11 is 0. The number of hydrogen-bond donors (Lipinski definition) is 0. The Bertz CT molecular complexity index is 971. The first-order chi connectivity index (χ1) is 16.2. The SMILES string of the molecule is CC1(C)C[C@@H]2CN(C(=O)CC3CCS(=O)(=O)CC3)C[C@H]1N(c1ccc(N3CCCCC3)cc1)C2. The van der Waals surface area contributed by atoms with E-state index in [4.69, 9.17) is 0 Å². The van der Waals surface area contributed by atoms with Crippen LogP contribution in [0.25, 0.3) is 0 Å². The molecule has 5 heterocycles. The van der Waals surface area contributed by atoms with Gasteiger partial charge in [-0.3, -0.25) is 4.79 Å². The number of rotatable bonds is 4. The second-order valence-corrected chi connectivity index (χ2v) is 14.2. The molecule has 1 aromatic carbocycles. The van der Waals surface area contributed by atoms with Crippen molar-refractivity contribution >= 4 is 27.1 Å². The van der Waals surface area contributed by atoms with Crippen molar-refractivity contribution in [1.29, 1.82) is 0 Å². The molecule has 5 aliphatic rings. The van der Waals surface area contributed by atoms with Gasteiger partial charge in [-0.1, -0.05) is 13.8 Å². The zero-order valence-corrected chi connectivity index (χ0v) is 21.7. The van der Waals surface area contributed by atoms with Gasteiger partial charge in [-0.2, -0.15) is 0 Å². The molecule has 7 heteroatoms. The monoisotopic (exact) mass is 487 g/mol. The van der Waals surface area contributed by atoms with Gasteiger partial charge in [0.05, 0.1) is 17.5 Å². The maximum absolute atomic E-state index is 13.3. The van der Waals surface area contributed by atoms with Crippen molar-refractivity contribution < 1.29 is 13.2 Å². The van der Waals surface area contributed by atoms with Crippen LogP contribution in [0.2, 0.25) is 0 Å². The summed E-state index contributed by atoms with van der Waals surface area (Å²) in [5.74, 6) is 1.38. The number of carbonyl (C=O) groups is 1. The van der Waals surface area contributed by atoms with E-state index in [1.165, 1.54) is 30.6 Å². The molecule has 1 aromatic rings. The van der Waals surface area contributed by atoms with Gasteiger partial charge in [0, 0.05) is 50.5 Å². The molecule has 5 saturated heterocycles. The van der Waals surface area contributed by atoms with Crippen molar-refractivity contribution in [2.24, 2.45) is 17.3 Å². The molecular formula is C27H41N3O3S. The van der Waals surface area contributed by atoms with E-state index in [0.717, 1.165) is 39.1 Å². The summed E-state index contributed by atoms with van der Waals surface area (Å²) in [6.07, 6.45) is 6.82. The molecule has 1 amide bonds. The first-order valence-electron chi connectivity index (χ1n) is 13.3. The maximum atomic E-state index is 13.3. The Balaban J connectivity index is 1.28. The van der Waals surface area contributed by atoms with E-state index in [9.17, 15) is 13.2 Å². The standard InChI is InChI=1S/C27H41N3O3S/c1-27(2)17-22-18-29(26(31)16-21-10-14-34(32,33)15-11-21)20-25(27)30(19-22)24-8-6-23(7-9-24)28-12-4-3-5-13-28/h6-9,21-22,25H,3-5,10-20H2,1-2H3/t22-,25-/m1/s1. The maximum Gasteiger partial charge on any atom is 0.222 e. The molecule has 2 atom stereocenters. The number of hydrogen-bond acceptors (Lipinski definition) is 5. The lowest BCUT2D eigenvalue weighted by molar-refractivity contribution is -0.132. The number of piperidine rings is 2. The Morgan fingerprint density at radius 2 is 1.59 bits per heavy atom. The molecule has 6 nitrogen and oxygen atoms in total. The van der Waals surface area contributed by atoms with E-state index >= 15 is 0 Å². The van der Waals surface area contributed by atoms with Crippen LogP contribution in [-0.4, -0.2) is 69.5 Å². The molecule has 2 bridgehead atoms. The third-order valence-electron chi connectivity index (χ3n) is 8.81. The van der Waals surface area contributed by atoms with Crippen LogP contribution >= 0.6 is 0 Å². The molecule has 0 aromatic heterocycles. The first kappa shape index (κ1) is 24.0. The summed E-state index contributed by atoms with van der Waals surface area (Å²) in [5, 5.41) is 0. The van der Waals surface area contributed by atoms with Gasteiger partial charge < -0.3 is 14.7 Å². The smallest absolute Gasteiger partial charge is 0.222 e. The molecule has 0 saturated carbocycles. The Morgan fingerprint density at radius 1 is 0.941 bits per heavy atom. The number of amides is 1. The van der Waals surface area contributed by atoms with Crippen LogP contribution in [0.1, 0.15) is 58.8 Å². The highest BCUT2D eigenvalue weighted by Crippen LogP contribution is 2.43. The molecule has 5 fully saturated rings. The van der Waals surface area contributed by atoms with Crippen molar-refractivity contribution in [3.8, 4) is 0 Å². The molecule has 0 spiro atoms. The van der Waals surface area contributed by atoms with Gasteiger partial charge in [0.25, 0.3) is 0 Å². The van der Waals surface area contributed by atoms with E-state index in [-0.39, 0.29) is 28.7 Å². The van der Waals surface area contributed by atoms with Gasteiger partial charge in [0.15, 0.2) is 0 Å². The van der Waals surface area contributed by atoms with Crippen LogP contribution in [-0.2, 0) is 14.6 Å². The largest absolute Gasteiger partial charge is 0.372 e. The third-order valence-corrected chi connectivity index (χ3v) is 10.5. The fourth-order valence-electron chi connectivity index (χ4n) is 6.85. The lowest BCUT2D eigenvalue weighted by Gasteiger charge is -2.48. The molecule has 0 N–H and O–H groups in total. The Hall–Kier alpha value is -1.76. The fraction of sp³-hybridized carbons (Fsp3) is 0.741. The number of nitrogens with zero attached hydrogens (tertiary/aromatic N) is 3. The first-order valence-corrected chi connectivity index (χ1v) is 15.1. The summed E-state index contributed by atoms with van der Waals surface area (Å²) < 4.78 is 23.5. The van der Waals surface area contributed by atoms with E-state index in [2.05, 4.69) is 52.8 Å². The zero-order chi connectivity index (χ0) is 23.9. The molecular weight excluding hydrogens is 446 g/mol. The van der Waals surface area contributed by atoms with Crippen molar-refractivity contribution in [3.63, 3.8) is 0 Å². The number of carbonyl (C=O) groups excluding carboxylic acids is 1. The fourth-order valence-corrected chi connectivity index (χ4v) is 8.44. The number of benzene rings is 1. The van der Waals surface area contributed by atoms with Crippen molar-refractivity contribution in [2.75, 3.05) is 54.0 Å². The quantitative estimate of drug-likeness (QED) is 0.644. The van der Waals surface area contributed by atoms with Gasteiger partial charge in [-0.05, 0) is 80.0 Å². The van der Waals surface area contributed by atoms with E-state index in [1.54, 1.807) is 0 Å². The predicted octanol–water partition coefficient (Wildman–Crippen LogP) is 3.96. The average molecular weight is 488 g/mol. The van der Waals surface area contributed by atoms with E-state index in [1.807, 2.05) is 0 Å².